The Hall–Kier alpha value is -3.72. The molecule has 2 saturated heterocycles. The number of nitrogens with zero attached hydrogens (tertiary/aromatic N) is 4. The lowest BCUT2D eigenvalue weighted by Gasteiger charge is -2.50. The average molecular weight is 520 g/mol. The molecule has 3 aliphatic rings. The topological polar surface area (TPSA) is 104 Å². The van der Waals surface area contributed by atoms with Gasteiger partial charge in [-0.25, -0.2) is 9.78 Å². The van der Waals surface area contributed by atoms with E-state index >= 15 is 0 Å². The SMILES string of the molecule is Cc1cccn2c(=O)c3c(nc12)N1CCCCC[C@H]1[C@]1(C3)C(=O)NC(=O)N(Cc2ccccc2Cl)C1=O. The first-order valence-corrected chi connectivity index (χ1v) is 12.9. The molecule has 37 heavy (non-hydrogen) atoms. The van der Waals surface area contributed by atoms with Crippen LogP contribution in [0.5, 0.6) is 0 Å². The van der Waals surface area contributed by atoms with E-state index < -0.39 is 29.3 Å². The van der Waals surface area contributed by atoms with Gasteiger partial charge in [0.15, 0.2) is 5.41 Å². The lowest BCUT2D eigenvalue weighted by molar-refractivity contribution is -0.154. The van der Waals surface area contributed by atoms with Crippen LogP contribution in [-0.2, 0) is 22.6 Å². The summed E-state index contributed by atoms with van der Waals surface area (Å²) in [6.45, 7) is 2.38. The van der Waals surface area contributed by atoms with Gasteiger partial charge in [0.2, 0.25) is 11.8 Å². The van der Waals surface area contributed by atoms with Crippen LogP contribution < -0.4 is 15.8 Å². The third kappa shape index (κ3) is 3.48. The van der Waals surface area contributed by atoms with Crippen LogP contribution in [-0.4, -0.2) is 44.7 Å². The van der Waals surface area contributed by atoms with E-state index in [1.807, 2.05) is 17.9 Å². The van der Waals surface area contributed by atoms with Gasteiger partial charge >= 0.3 is 6.03 Å². The highest BCUT2D eigenvalue weighted by molar-refractivity contribution is 6.31. The molecule has 10 heteroatoms. The number of imide groups is 2. The second kappa shape index (κ2) is 8.69. The third-order valence-electron chi connectivity index (χ3n) is 7.95. The molecule has 6 rings (SSSR count). The summed E-state index contributed by atoms with van der Waals surface area (Å²) >= 11 is 6.34. The van der Waals surface area contributed by atoms with E-state index in [9.17, 15) is 19.2 Å². The average Bonchev–Trinajstić information content (AvgIpc) is 3.14. The summed E-state index contributed by atoms with van der Waals surface area (Å²) in [5.41, 5.74) is 0.384. The number of barbiturate groups is 1. The van der Waals surface area contributed by atoms with Crippen molar-refractivity contribution in [2.45, 2.75) is 51.6 Å². The highest BCUT2D eigenvalue weighted by Crippen LogP contribution is 2.46. The van der Waals surface area contributed by atoms with Crippen LogP contribution in [0, 0.1) is 12.3 Å². The number of benzene rings is 1. The number of anilines is 1. The van der Waals surface area contributed by atoms with Crippen molar-refractivity contribution in [1.29, 1.82) is 0 Å². The quantitative estimate of drug-likeness (QED) is 0.521. The first-order chi connectivity index (χ1) is 17.8. The molecule has 5 heterocycles. The Morgan fingerprint density at radius 2 is 1.89 bits per heavy atom. The Balaban J connectivity index is 1.54. The number of pyridine rings is 1. The van der Waals surface area contributed by atoms with Crippen molar-refractivity contribution in [1.82, 2.24) is 19.6 Å². The van der Waals surface area contributed by atoms with E-state index in [1.54, 1.807) is 36.5 Å². The molecule has 2 aromatic heterocycles. The zero-order chi connectivity index (χ0) is 25.9. The van der Waals surface area contributed by atoms with E-state index in [2.05, 4.69) is 5.32 Å². The fraction of sp³-hybridized carbons (Fsp3) is 0.370. The van der Waals surface area contributed by atoms with E-state index in [1.165, 1.54) is 4.40 Å². The lowest BCUT2D eigenvalue weighted by atomic mass is 9.68. The molecule has 2 atom stereocenters. The van der Waals surface area contributed by atoms with Crippen LogP contribution in [0.15, 0.2) is 47.4 Å². The van der Waals surface area contributed by atoms with Crippen molar-refractivity contribution < 1.29 is 14.4 Å². The molecule has 0 saturated carbocycles. The Kier molecular flexibility index (Phi) is 5.56. The highest BCUT2D eigenvalue weighted by Gasteiger charge is 2.62. The summed E-state index contributed by atoms with van der Waals surface area (Å²) in [7, 11) is 0. The molecule has 1 N–H and O–H groups in total. The molecule has 0 radical (unpaired) electrons. The number of aryl methyl sites for hydroxylation is 1. The first kappa shape index (κ1) is 23.7. The zero-order valence-electron chi connectivity index (χ0n) is 20.4. The van der Waals surface area contributed by atoms with Crippen molar-refractivity contribution in [3.05, 3.63) is 74.7 Å². The minimum absolute atomic E-state index is 0.0763. The van der Waals surface area contributed by atoms with Gasteiger partial charge < -0.3 is 4.90 Å². The number of hydrogen-bond donors (Lipinski definition) is 1. The van der Waals surface area contributed by atoms with E-state index in [-0.39, 0.29) is 18.5 Å². The molecule has 0 bridgehead atoms. The highest BCUT2D eigenvalue weighted by atomic mass is 35.5. The van der Waals surface area contributed by atoms with Gasteiger partial charge in [-0.05, 0) is 43.0 Å². The maximum Gasteiger partial charge on any atom is 0.331 e. The van der Waals surface area contributed by atoms with Gasteiger partial charge in [-0.15, -0.1) is 0 Å². The number of amides is 4. The number of urea groups is 1. The lowest BCUT2D eigenvalue weighted by Crippen LogP contribution is -2.72. The monoisotopic (exact) mass is 519 g/mol. The number of hydrogen-bond acceptors (Lipinski definition) is 6. The Morgan fingerprint density at radius 1 is 1.08 bits per heavy atom. The van der Waals surface area contributed by atoms with Crippen LogP contribution in [0.3, 0.4) is 0 Å². The van der Waals surface area contributed by atoms with Gasteiger partial charge in [-0.1, -0.05) is 48.7 Å². The molecule has 190 valence electrons. The number of carbonyl (C=O) groups is 3. The number of aromatic nitrogens is 2. The summed E-state index contributed by atoms with van der Waals surface area (Å²) in [5, 5.41) is 2.86. The van der Waals surface area contributed by atoms with Crippen LogP contribution in [0.2, 0.25) is 5.02 Å². The van der Waals surface area contributed by atoms with Gasteiger partial charge in [-0.3, -0.25) is 29.0 Å². The molecule has 1 spiro atoms. The second-order valence-electron chi connectivity index (χ2n) is 10.1. The Bertz CT molecular complexity index is 1530. The summed E-state index contributed by atoms with van der Waals surface area (Å²) in [6, 6.07) is 9.33. The van der Waals surface area contributed by atoms with Crippen molar-refractivity contribution >= 4 is 40.9 Å². The zero-order valence-corrected chi connectivity index (χ0v) is 21.1. The fourth-order valence-corrected chi connectivity index (χ4v) is 6.28. The molecule has 2 fully saturated rings. The number of fused-ring (bicyclic) bond motifs is 5. The van der Waals surface area contributed by atoms with E-state index in [0.717, 1.165) is 29.7 Å². The minimum Gasteiger partial charge on any atom is -0.352 e. The number of nitrogens with one attached hydrogen (secondary N) is 1. The summed E-state index contributed by atoms with van der Waals surface area (Å²) in [6.07, 6.45) is 4.70. The Labute approximate surface area is 218 Å². The van der Waals surface area contributed by atoms with Crippen LogP contribution in [0.25, 0.3) is 5.65 Å². The number of halogens is 1. The number of rotatable bonds is 2. The molecule has 9 nitrogen and oxygen atoms in total. The maximum atomic E-state index is 14.3. The van der Waals surface area contributed by atoms with E-state index in [0.29, 0.717) is 40.6 Å². The fourth-order valence-electron chi connectivity index (χ4n) is 6.08. The third-order valence-corrected chi connectivity index (χ3v) is 8.32. The molecule has 1 aromatic carbocycles. The summed E-state index contributed by atoms with van der Waals surface area (Å²) < 4.78 is 1.47. The van der Waals surface area contributed by atoms with Gasteiger partial charge in [0, 0.05) is 24.2 Å². The van der Waals surface area contributed by atoms with Gasteiger partial charge in [0.25, 0.3) is 5.56 Å². The summed E-state index contributed by atoms with van der Waals surface area (Å²) in [4.78, 5) is 62.6. The molecule has 3 aromatic rings. The second-order valence-corrected chi connectivity index (χ2v) is 10.5. The van der Waals surface area contributed by atoms with Crippen molar-refractivity contribution in [3.63, 3.8) is 0 Å². The number of carbonyl (C=O) groups excluding carboxylic acids is 3. The largest absolute Gasteiger partial charge is 0.352 e. The minimum atomic E-state index is -1.63. The van der Waals surface area contributed by atoms with Crippen molar-refractivity contribution in [3.8, 4) is 0 Å². The summed E-state index contributed by atoms with van der Waals surface area (Å²) in [5.74, 6) is -0.723. The normalized spacial score (nSPS) is 23.6. The maximum absolute atomic E-state index is 14.3. The molecule has 3 aliphatic heterocycles. The molecular formula is C27H26ClN5O4. The van der Waals surface area contributed by atoms with Gasteiger partial charge in [0.1, 0.15) is 11.5 Å². The van der Waals surface area contributed by atoms with Crippen LogP contribution in [0.1, 0.15) is 42.4 Å². The molecule has 0 unspecified atom stereocenters. The Morgan fingerprint density at radius 3 is 2.70 bits per heavy atom. The van der Waals surface area contributed by atoms with Gasteiger partial charge in [0.05, 0.1) is 18.2 Å². The van der Waals surface area contributed by atoms with Crippen LogP contribution >= 0.6 is 11.6 Å². The molecule has 4 amide bonds. The molecular weight excluding hydrogens is 494 g/mol. The van der Waals surface area contributed by atoms with Crippen LogP contribution in [0.4, 0.5) is 10.6 Å². The standard InChI is InChI=1S/C27H26ClN5O4/c1-16-8-7-13-32-21(16)29-22-18(23(32)34)14-27(20-11-3-2-6-12-31(20)22)24(35)30-26(37)33(25(27)36)15-17-9-4-5-10-19(17)28/h4-5,7-10,13,20H,2-3,6,11-12,14-15H2,1H3,(H,30,35,37)/t20-,27+/m0/s1. The van der Waals surface area contributed by atoms with Crippen molar-refractivity contribution in [2.24, 2.45) is 5.41 Å². The molecule has 0 aliphatic carbocycles. The predicted molar refractivity (Wildman–Crippen MR) is 137 cm³/mol. The predicted octanol–water partition coefficient (Wildman–Crippen LogP) is 3.23. The van der Waals surface area contributed by atoms with Gasteiger partial charge in [-0.2, -0.15) is 0 Å². The van der Waals surface area contributed by atoms with E-state index in [4.69, 9.17) is 16.6 Å². The first-order valence-electron chi connectivity index (χ1n) is 12.5. The van der Waals surface area contributed by atoms with Crippen molar-refractivity contribution in [2.75, 3.05) is 11.4 Å². The smallest absolute Gasteiger partial charge is 0.331 e.